The molecule has 1 N–H and O–H groups in total. The number of benzene rings is 4. The molecule has 0 saturated heterocycles. The SMILES string of the molecule is CC(C)N(Cc1cccc(OCCCCCC(=O)OC(=O)O)c1)C(=O)c1ccc(-c2cc3ccccc3n2S(=O)(=O)c2ccccc2)cc1. The molecule has 1 aromatic heterocycles. The molecule has 0 atom stereocenters. The Bertz CT molecular complexity index is 2040. The number of carboxylic acid groups (broad SMARTS) is 1. The highest BCUT2D eigenvalue weighted by Crippen LogP contribution is 2.32. The lowest BCUT2D eigenvalue weighted by Crippen LogP contribution is -2.36. The molecular weight excluding hydrogens is 644 g/mol. The zero-order chi connectivity index (χ0) is 35.0. The average molecular weight is 683 g/mol. The van der Waals surface area contributed by atoms with Crippen molar-refractivity contribution in [3.8, 4) is 17.0 Å². The molecule has 0 unspecified atom stereocenters. The smallest absolute Gasteiger partial charge is 0.494 e. The summed E-state index contributed by atoms with van der Waals surface area (Å²) in [6.45, 7) is 4.67. The van der Waals surface area contributed by atoms with Crippen LogP contribution in [0, 0.1) is 0 Å². The summed E-state index contributed by atoms with van der Waals surface area (Å²) in [5.41, 5.74) is 3.10. The van der Waals surface area contributed by atoms with Crippen LogP contribution in [0.15, 0.2) is 114 Å². The van der Waals surface area contributed by atoms with Crippen LogP contribution < -0.4 is 4.74 Å². The molecule has 0 spiro atoms. The number of fused-ring (bicyclic) bond motifs is 1. The number of nitrogens with zero attached hydrogens (tertiary/aromatic N) is 2. The van der Waals surface area contributed by atoms with Crippen molar-refractivity contribution in [1.29, 1.82) is 0 Å². The molecule has 0 fully saturated rings. The third kappa shape index (κ3) is 8.55. The van der Waals surface area contributed by atoms with Crippen LogP contribution in [0.1, 0.15) is 55.5 Å². The Morgan fingerprint density at radius 1 is 0.816 bits per heavy atom. The maximum atomic E-state index is 13.9. The Balaban J connectivity index is 1.28. The van der Waals surface area contributed by atoms with E-state index in [1.165, 1.54) is 3.97 Å². The summed E-state index contributed by atoms with van der Waals surface area (Å²) in [4.78, 5) is 37.5. The Morgan fingerprint density at radius 2 is 1.53 bits per heavy atom. The van der Waals surface area contributed by atoms with Gasteiger partial charge >= 0.3 is 12.1 Å². The van der Waals surface area contributed by atoms with Gasteiger partial charge in [0.05, 0.1) is 22.7 Å². The third-order valence-corrected chi connectivity index (χ3v) is 9.75. The Morgan fingerprint density at radius 3 is 2.24 bits per heavy atom. The van der Waals surface area contributed by atoms with Gasteiger partial charge in [0.1, 0.15) is 5.75 Å². The minimum Gasteiger partial charge on any atom is -0.494 e. The van der Waals surface area contributed by atoms with E-state index in [1.807, 2.05) is 62.4 Å². The Labute approximate surface area is 285 Å². The number of carbonyl (C=O) groups excluding carboxylic acids is 2. The second-order valence-electron chi connectivity index (χ2n) is 11.8. The lowest BCUT2D eigenvalue weighted by molar-refractivity contribution is -0.139. The molecule has 0 aliphatic carbocycles. The molecule has 11 heteroatoms. The predicted octanol–water partition coefficient (Wildman–Crippen LogP) is 7.76. The lowest BCUT2D eigenvalue weighted by atomic mass is 10.1. The molecule has 1 amide bonds. The van der Waals surface area contributed by atoms with Crippen molar-refractivity contribution in [2.45, 2.75) is 57.0 Å². The van der Waals surface area contributed by atoms with Crippen molar-refractivity contribution in [2.75, 3.05) is 6.61 Å². The second kappa shape index (κ2) is 15.7. The minimum atomic E-state index is -3.91. The van der Waals surface area contributed by atoms with Crippen molar-refractivity contribution in [1.82, 2.24) is 8.87 Å². The van der Waals surface area contributed by atoms with Gasteiger partial charge in [-0.3, -0.25) is 9.59 Å². The molecule has 0 bridgehead atoms. The fraction of sp³-hybridized carbons (Fsp3) is 0.237. The summed E-state index contributed by atoms with van der Waals surface area (Å²) in [5.74, 6) is -0.268. The molecular formula is C38H38N2O8S. The number of amides is 1. The van der Waals surface area contributed by atoms with Crippen LogP contribution in [0.25, 0.3) is 22.2 Å². The summed E-state index contributed by atoms with van der Waals surface area (Å²) in [7, 11) is -3.91. The number of unbranched alkanes of at least 4 members (excludes halogenated alkanes) is 2. The van der Waals surface area contributed by atoms with Gasteiger partial charge in [0.25, 0.3) is 15.9 Å². The van der Waals surface area contributed by atoms with E-state index in [0.29, 0.717) is 60.5 Å². The number of hydrogen-bond donors (Lipinski definition) is 1. The molecule has 0 aliphatic heterocycles. The van der Waals surface area contributed by atoms with Crippen LogP contribution in [0.2, 0.25) is 0 Å². The summed E-state index contributed by atoms with van der Waals surface area (Å²) in [5, 5.41) is 9.26. The van der Waals surface area contributed by atoms with E-state index in [-0.39, 0.29) is 23.3 Å². The number of ether oxygens (including phenoxy) is 2. The first-order chi connectivity index (χ1) is 23.5. The monoisotopic (exact) mass is 682 g/mol. The molecule has 49 heavy (non-hydrogen) atoms. The summed E-state index contributed by atoms with van der Waals surface area (Å²) in [6, 6.07) is 31.9. The van der Waals surface area contributed by atoms with E-state index in [4.69, 9.17) is 9.84 Å². The van der Waals surface area contributed by atoms with Gasteiger partial charge in [-0.25, -0.2) is 17.2 Å². The Kier molecular flexibility index (Phi) is 11.1. The first-order valence-electron chi connectivity index (χ1n) is 16.0. The van der Waals surface area contributed by atoms with Crippen LogP contribution in [0.4, 0.5) is 4.79 Å². The standard InChI is InChI=1S/C38H38N2O8S/c1-27(2)39(26-28-12-11-14-32(24-28)47-23-10-4-7-18-36(41)48-38(43)44)37(42)30-21-19-29(20-22-30)35-25-31-13-8-9-17-34(31)40(35)49(45,46)33-15-5-3-6-16-33/h3,5-6,8-9,11-17,19-22,24-25,27H,4,7,10,18,23,26H2,1-2H3,(H,43,44). The van der Waals surface area contributed by atoms with Gasteiger partial charge in [0.15, 0.2) is 0 Å². The van der Waals surface area contributed by atoms with Crippen molar-refractivity contribution in [3.63, 3.8) is 0 Å². The largest absolute Gasteiger partial charge is 0.513 e. The van der Waals surface area contributed by atoms with E-state index < -0.39 is 22.1 Å². The zero-order valence-corrected chi connectivity index (χ0v) is 28.1. The normalized spacial score (nSPS) is 11.4. The predicted molar refractivity (Wildman–Crippen MR) is 186 cm³/mol. The summed E-state index contributed by atoms with van der Waals surface area (Å²) >= 11 is 0. The lowest BCUT2D eigenvalue weighted by Gasteiger charge is -2.27. The van der Waals surface area contributed by atoms with Crippen LogP contribution >= 0.6 is 0 Å². The highest BCUT2D eigenvalue weighted by Gasteiger charge is 2.25. The molecule has 0 radical (unpaired) electrons. The summed E-state index contributed by atoms with van der Waals surface area (Å²) < 4.78 is 39.0. The van der Waals surface area contributed by atoms with Crippen LogP contribution in [-0.2, 0) is 26.1 Å². The van der Waals surface area contributed by atoms with Crippen LogP contribution in [0.5, 0.6) is 5.75 Å². The van der Waals surface area contributed by atoms with Gasteiger partial charge < -0.3 is 19.5 Å². The number of rotatable bonds is 14. The fourth-order valence-corrected chi connectivity index (χ4v) is 7.10. The van der Waals surface area contributed by atoms with Crippen molar-refractivity contribution in [3.05, 3.63) is 120 Å². The molecule has 0 aliphatic rings. The highest BCUT2D eigenvalue weighted by molar-refractivity contribution is 7.90. The van der Waals surface area contributed by atoms with E-state index >= 15 is 0 Å². The topological polar surface area (TPSA) is 132 Å². The zero-order valence-electron chi connectivity index (χ0n) is 27.3. The first kappa shape index (κ1) is 34.9. The maximum Gasteiger partial charge on any atom is 0.513 e. The number of aromatic nitrogens is 1. The van der Waals surface area contributed by atoms with Gasteiger partial charge in [-0.15, -0.1) is 0 Å². The average Bonchev–Trinajstić information content (AvgIpc) is 3.49. The maximum absolute atomic E-state index is 13.9. The van der Waals surface area contributed by atoms with E-state index in [1.54, 1.807) is 65.6 Å². The molecule has 1 heterocycles. The number of carbonyl (C=O) groups is 3. The second-order valence-corrected chi connectivity index (χ2v) is 13.6. The van der Waals surface area contributed by atoms with Crippen molar-refractivity contribution < 1.29 is 37.4 Å². The fourth-order valence-electron chi connectivity index (χ4n) is 5.54. The quantitative estimate of drug-likeness (QED) is 0.0714. The van der Waals surface area contributed by atoms with Crippen molar-refractivity contribution in [2.24, 2.45) is 0 Å². The molecule has 5 rings (SSSR count). The highest BCUT2D eigenvalue weighted by atomic mass is 32.2. The van der Waals surface area contributed by atoms with Crippen LogP contribution in [0.3, 0.4) is 0 Å². The molecule has 254 valence electrons. The number of hydrogen-bond acceptors (Lipinski definition) is 7. The van der Waals surface area contributed by atoms with E-state index in [2.05, 4.69) is 4.74 Å². The molecule has 4 aromatic carbocycles. The van der Waals surface area contributed by atoms with Gasteiger partial charge in [-0.05, 0) is 92.8 Å². The van der Waals surface area contributed by atoms with Gasteiger partial charge in [0, 0.05) is 30.0 Å². The molecule has 10 nitrogen and oxygen atoms in total. The van der Waals surface area contributed by atoms with Gasteiger partial charge in [-0.2, -0.15) is 0 Å². The minimum absolute atomic E-state index is 0.0321. The van der Waals surface area contributed by atoms with Crippen molar-refractivity contribution >= 4 is 39.0 Å². The van der Waals surface area contributed by atoms with Gasteiger partial charge in [0.2, 0.25) is 0 Å². The summed E-state index contributed by atoms with van der Waals surface area (Å²) in [6.07, 6.45) is 0.283. The Hall–Kier alpha value is -5.42. The van der Waals surface area contributed by atoms with Gasteiger partial charge in [-0.1, -0.05) is 60.7 Å². The van der Waals surface area contributed by atoms with E-state index in [9.17, 15) is 22.8 Å². The third-order valence-electron chi connectivity index (χ3n) is 8.01. The van der Waals surface area contributed by atoms with E-state index in [0.717, 1.165) is 10.9 Å². The number of esters is 1. The number of para-hydroxylation sites is 1. The van der Waals surface area contributed by atoms with Crippen LogP contribution in [-0.4, -0.2) is 53.1 Å². The molecule has 5 aromatic rings. The molecule has 0 saturated carbocycles. The first-order valence-corrected chi connectivity index (χ1v) is 17.5.